The van der Waals surface area contributed by atoms with Gasteiger partial charge in [-0.2, -0.15) is 0 Å². The molecule has 0 saturated carbocycles. The van der Waals surface area contributed by atoms with Crippen LogP contribution in [0.3, 0.4) is 0 Å². The van der Waals surface area contributed by atoms with Crippen LogP contribution in [0.5, 0.6) is 5.75 Å². The lowest BCUT2D eigenvalue weighted by Crippen LogP contribution is -2.27. The summed E-state index contributed by atoms with van der Waals surface area (Å²) in [5.74, 6) is -0.158. The molecule has 3 aromatic rings. The van der Waals surface area contributed by atoms with Gasteiger partial charge in [0.2, 0.25) is 0 Å². The van der Waals surface area contributed by atoms with Gasteiger partial charge in [0.25, 0.3) is 0 Å². The molecule has 1 aliphatic carbocycles. The van der Waals surface area contributed by atoms with Crippen LogP contribution in [-0.2, 0) is 4.79 Å². The number of fused-ring (bicyclic) bond motifs is 1. The first-order chi connectivity index (χ1) is 15.0. The van der Waals surface area contributed by atoms with E-state index in [-0.39, 0.29) is 5.92 Å². The third-order valence-electron chi connectivity index (χ3n) is 5.53. The van der Waals surface area contributed by atoms with Gasteiger partial charge in [0, 0.05) is 16.1 Å². The van der Waals surface area contributed by atoms with E-state index in [1.165, 1.54) is 0 Å². The number of hydrogen-bond donors (Lipinski definition) is 1. The largest absolute Gasteiger partial charge is 0.479 e. The lowest BCUT2D eigenvalue weighted by Gasteiger charge is -2.20. The van der Waals surface area contributed by atoms with Gasteiger partial charge in [-0.05, 0) is 67.5 Å². The van der Waals surface area contributed by atoms with E-state index < -0.39 is 12.1 Å². The van der Waals surface area contributed by atoms with E-state index >= 15 is 0 Å². The highest BCUT2D eigenvalue weighted by molar-refractivity contribution is 6.30. The molecule has 0 amide bonds. The van der Waals surface area contributed by atoms with Crippen molar-refractivity contribution in [1.82, 2.24) is 4.98 Å². The summed E-state index contributed by atoms with van der Waals surface area (Å²) in [7, 11) is 0. The Bertz CT molecular complexity index is 1150. The summed E-state index contributed by atoms with van der Waals surface area (Å²) >= 11 is 5.97. The number of aromatic nitrogens is 1. The highest BCUT2D eigenvalue weighted by atomic mass is 35.5. The Kier molecular flexibility index (Phi) is 6.38. The monoisotopic (exact) mass is 433 g/mol. The van der Waals surface area contributed by atoms with E-state index in [0.717, 1.165) is 40.1 Å². The van der Waals surface area contributed by atoms with Gasteiger partial charge >= 0.3 is 5.97 Å². The Morgan fingerprint density at radius 2 is 2.00 bits per heavy atom. The molecule has 5 heteroatoms. The fourth-order valence-electron chi connectivity index (χ4n) is 3.80. The molecular formula is C26H24ClNO3. The maximum atomic E-state index is 11.9. The van der Waals surface area contributed by atoms with E-state index in [0.29, 0.717) is 17.7 Å². The molecule has 0 bridgehead atoms. The minimum absolute atomic E-state index is 0.286. The van der Waals surface area contributed by atoms with Crippen molar-refractivity contribution >= 4 is 34.0 Å². The third kappa shape index (κ3) is 5.15. The highest BCUT2D eigenvalue weighted by Crippen LogP contribution is 2.29. The molecule has 1 heterocycles. The lowest BCUT2D eigenvalue weighted by molar-refractivity contribution is -0.145. The van der Waals surface area contributed by atoms with Crippen molar-refractivity contribution in [2.45, 2.75) is 32.3 Å². The average Bonchev–Trinajstić information content (AvgIpc) is 2.77. The van der Waals surface area contributed by atoms with Crippen LogP contribution < -0.4 is 4.74 Å². The summed E-state index contributed by atoms with van der Waals surface area (Å²) in [6.07, 6.45) is 7.57. The van der Waals surface area contributed by atoms with Gasteiger partial charge in [0.15, 0.2) is 6.10 Å². The van der Waals surface area contributed by atoms with Crippen LogP contribution in [0.15, 0.2) is 72.8 Å². The SMILES string of the molecule is Cc1ccc2cccc(OC(CCC3C=CC(c4ccc(Cl)cc4)=CC3)C(=O)O)c2n1. The number of rotatable bonds is 7. The predicted octanol–water partition coefficient (Wildman–Crippen LogP) is 6.47. The fraction of sp³-hybridized carbons (Fsp3) is 0.231. The van der Waals surface area contributed by atoms with Gasteiger partial charge in [-0.1, -0.05) is 60.2 Å². The summed E-state index contributed by atoms with van der Waals surface area (Å²) in [4.78, 5) is 16.4. The molecule has 1 aromatic heterocycles. The van der Waals surface area contributed by atoms with Crippen LogP contribution >= 0.6 is 11.6 Å². The van der Waals surface area contributed by atoms with Gasteiger partial charge in [0.05, 0.1) is 0 Å². The second kappa shape index (κ2) is 9.36. The van der Waals surface area contributed by atoms with Gasteiger partial charge in [0.1, 0.15) is 11.3 Å². The number of carboxylic acids is 1. The Morgan fingerprint density at radius 3 is 2.71 bits per heavy atom. The Morgan fingerprint density at radius 1 is 1.19 bits per heavy atom. The second-order valence-electron chi connectivity index (χ2n) is 7.82. The van der Waals surface area contributed by atoms with E-state index in [1.54, 1.807) is 6.07 Å². The molecule has 2 unspecified atom stereocenters. The highest BCUT2D eigenvalue weighted by Gasteiger charge is 2.22. The van der Waals surface area contributed by atoms with Gasteiger partial charge in [-0.3, -0.25) is 0 Å². The van der Waals surface area contributed by atoms with E-state index in [4.69, 9.17) is 16.3 Å². The molecule has 31 heavy (non-hydrogen) atoms. The number of aliphatic carboxylic acids is 1. The van der Waals surface area contributed by atoms with E-state index in [1.807, 2.05) is 55.5 Å². The van der Waals surface area contributed by atoms with Crippen LogP contribution in [0.4, 0.5) is 0 Å². The maximum absolute atomic E-state index is 11.9. The number of hydrogen-bond acceptors (Lipinski definition) is 3. The minimum Gasteiger partial charge on any atom is -0.479 e. The summed E-state index contributed by atoms with van der Waals surface area (Å²) < 4.78 is 5.92. The standard InChI is InChI=1S/C26H24ClNO3/c1-17-5-9-21-3-2-4-23(25(21)28-17)31-24(26(29)30)16-8-18-6-10-19(11-7-18)20-12-14-22(27)15-13-20/h2-6,9-15,18,24H,7-8,16H2,1H3,(H,29,30). The topological polar surface area (TPSA) is 59.4 Å². The molecule has 2 atom stereocenters. The van der Waals surface area contributed by atoms with E-state index in [2.05, 4.69) is 23.2 Å². The smallest absolute Gasteiger partial charge is 0.344 e. The Hall–Kier alpha value is -3.11. The summed E-state index contributed by atoms with van der Waals surface area (Å²) in [6, 6.07) is 17.3. The van der Waals surface area contributed by atoms with Crippen LogP contribution in [0.25, 0.3) is 16.5 Å². The van der Waals surface area contributed by atoms with Crippen molar-refractivity contribution in [2.24, 2.45) is 5.92 Å². The number of benzene rings is 2. The van der Waals surface area contributed by atoms with Crippen LogP contribution in [0, 0.1) is 12.8 Å². The second-order valence-corrected chi connectivity index (χ2v) is 8.26. The molecule has 0 fully saturated rings. The van der Waals surface area contributed by atoms with E-state index in [9.17, 15) is 9.90 Å². The zero-order valence-electron chi connectivity index (χ0n) is 17.3. The molecule has 1 aliphatic rings. The number of nitrogens with zero attached hydrogens (tertiary/aromatic N) is 1. The predicted molar refractivity (Wildman–Crippen MR) is 124 cm³/mol. The number of pyridine rings is 1. The van der Waals surface area contributed by atoms with Crippen LogP contribution in [0.1, 0.15) is 30.5 Å². The Balaban J connectivity index is 1.40. The van der Waals surface area contributed by atoms with Crippen molar-refractivity contribution in [3.8, 4) is 5.75 Å². The molecular weight excluding hydrogens is 410 g/mol. The minimum atomic E-state index is -0.957. The fourth-order valence-corrected chi connectivity index (χ4v) is 3.93. The first-order valence-corrected chi connectivity index (χ1v) is 10.8. The first kappa shape index (κ1) is 21.1. The van der Waals surface area contributed by atoms with Crippen molar-refractivity contribution in [3.05, 3.63) is 89.1 Å². The molecule has 158 valence electrons. The van der Waals surface area contributed by atoms with Crippen LogP contribution in [-0.4, -0.2) is 22.2 Å². The summed E-state index contributed by atoms with van der Waals surface area (Å²) in [5, 5.41) is 11.4. The molecule has 2 aromatic carbocycles. The normalized spacial score (nSPS) is 16.7. The molecule has 4 rings (SSSR count). The number of carboxylic acid groups (broad SMARTS) is 1. The molecule has 0 saturated heterocycles. The van der Waals surface area contributed by atoms with Gasteiger partial charge in [-0.25, -0.2) is 9.78 Å². The number of para-hydroxylation sites is 1. The molecule has 0 radical (unpaired) electrons. The van der Waals surface area contributed by atoms with Crippen molar-refractivity contribution in [2.75, 3.05) is 0 Å². The van der Waals surface area contributed by atoms with Gasteiger partial charge in [-0.15, -0.1) is 0 Å². The summed E-state index contributed by atoms with van der Waals surface area (Å²) in [6.45, 7) is 1.91. The maximum Gasteiger partial charge on any atom is 0.344 e. The first-order valence-electron chi connectivity index (χ1n) is 10.4. The van der Waals surface area contributed by atoms with Crippen LogP contribution in [0.2, 0.25) is 5.02 Å². The number of ether oxygens (including phenoxy) is 1. The van der Waals surface area contributed by atoms with Gasteiger partial charge < -0.3 is 9.84 Å². The lowest BCUT2D eigenvalue weighted by atomic mass is 9.89. The molecule has 4 nitrogen and oxygen atoms in total. The van der Waals surface area contributed by atoms with Crippen molar-refractivity contribution in [3.63, 3.8) is 0 Å². The number of allylic oxidation sites excluding steroid dienone is 4. The quantitative estimate of drug-likeness (QED) is 0.464. The number of halogens is 1. The number of aryl methyl sites for hydroxylation is 1. The number of carbonyl (C=O) groups is 1. The third-order valence-corrected chi connectivity index (χ3v) is 5.78. The molecule has 0 spiro atoms. The zero-order valence-corrected chi connectivity index (χ0v) is 18.0. The molecule has 0 aliphatic heterocycles. The average molecular weight is 434 g/mol. The Labute approximate surface area is 186 Å². The molecule has 1 N–H and O–H groups in total. The van der Waals surface area contributed by atoms with Crippen molar-refractivity contribution < 1.29 is 14.6 Å². The summed E-state index contributed by atoms with van der Waals surface area (Å²) in [5.41, 5.74) is 3.86. The van der Waals surface area contributed by atoms with Crippen molar-refractivity contribution in [1.29, 1.82) is 0 Å². The zero-order chi connectivity index (χ0) is 21.8.